The zero-order valence-electron chi connectivity index (χ0n) is 25.2. The Hall–Kier alpha value is -4.41. The third-order valence-electron chi connectivity index (χ3n) is 8.15. The van der Waals surface area contributed by atoms with Crippen molar-refractivity contribution < 1.29 is 33.4 Å². The molecule has 1 fully saturated rings. The lowest BCUT2D eigenvalue weighted by Crippen LogP contribution is -2.59. The molecule has 4 atom stereocenters. The summed E-state index contributed by atoms with van der Waals surface area (Å²) in [6.07, 6.45) is 1.16. The number of aromatic nitrogens is 1. The molecule has 4 unspecified atom stereocenters. The standard InChI is InChI=1S/C33H41FN4O6/c1-33(20-23-21-35-27-14-8-6-12-24(23)27,37-32(43)44-28-15-9-7-13-25(28)34)31(42)38(2)19-18-26(22-10-4-3-5-11-22)36-29(39)16-17-30(40)41/h3-6,8,10-12,14,21,25-26,28,35H,7,9,13,15-20H2,1-2H3,(H,36,39)(H,37,43)(H,40,41). The molecule has 1 aliphatic carbocycles. The van der Waals surface area contributed by atoms with Crippen LogP contribution in [0.15, 0.2) is 60.8 Å². The molecule has 4 rings (SSSR count). The van der Waals surface area contributed by atoms with Gasteiger partial charge < -0.3 is 30.4 Å². The molecular formula is C33H41FN4O6. The van der Waals surface area contributed by atoms with Crippen LogP contribution in [0.1, 0.15) is 69.0 Å². The fourth-order valence-corrected chi connectivity index (χ4v) is 5.75. The highest BCUT2D eigenvalue weighted by Gasteiger charge is 2.40. The van der Waals surface area contributed by atoms with Gasteiger partial charge in [-0.3, -0.25) is 14.4 Å². The van der Waals surface area contributed by atoms with Crippen molar-refractivity contribution in [2.45, 2.75) is 82.1 Å². The van der Waals surface area contributed by atoms with Gasteiger partial charge in [-0.1, -0.05) is 55.0 Å². The van der Waals surface area contributed by atoms with Gasteiger partial charge in [-0.2, -0.15) is 0 Å². The predicted molar refractivity (Wildman–Crippen MR) is 164 cm³/mol. The number of carbonyl (C=O) groups is 4. The summed E-state index contributed by atoms with van der Waals surface area (Å²) < 4.78 is 19.9. The topological polar surface area (TPSA) is 141 Å². The average Bonchev–Trinajstić information content (AvgIpc) is 3.41. The molecule has 3 amide bonds. The number of ether oxygens (including phenoxy) is 1. The Labute approximate surface area is 256 Å². The molecule has 2 aromatic carbocycles. The smallest absolute Gasteiger partial charge is 0.408 e. The van der Waals surface area contributed by atoms with Gasteiger partial charge in [0, 0.05) is 43.5 Å². The zero-order valence-corrected chi connectivity index (χ0v) is 25.2. The lowest BCUT2D eigenvalue weighted by atomic mass is 9.90. The molecule has 1 aromatic heterocycles. The van der Waals surface area contributed by atoms with Crippen LogP contribution < -0.4 is 10.6 Å². The number of para-hydroxylation sites is 1. The van der Waals surface area contributed by atoms with Crippen LogP contribution in [0.5, 0.6) is 0 Å². The molecule has 0 bridgehead atoms. The Morgan fingerprint density at radius 3 is 2.50 bits per heavy atom. The van der Waals surface area contributed by atoms with Crippen LogP contribution in [0, 0.1) is 0 Å². The van der Waals surface area contributed by atoms with Crippen LogP contribution in [-0.4, -0.2) is 70.3 Å². The van der Waals surface area contributed by atoms with E-state index in [1.165, 1.54) is 4.90 Å². The van der Waals surface area contributed by atoms with Crippen LogP contribution in [0.25, 0.3) is 10.9 Å². The van der Waals surface area contributed by atoms with E-state index in [9.17, 15) is 23.6 Å². The van der Waals surface area contributed by atoms with Crippen molar-refractivity contribution in [2.75, 3.05) is 13.6 Å². The molecule has 1 aliphatic rings. The lowest BCUT2D eigenvalue weighted by molar-refractivity contribution is -0.139. The van der Waals surface area contributed by atoms with Crippen LogP contribution in [-0.2, 0) is 25.5 Å². The van der Waals surface area contributed by atoms with Gasteiger partial charge in [0.25, 0.3) is 0 Å². The van der Waals surface area contributed by atoms with Gasteiger partial charge in [-0.05, 0) is 49.8 Å². The average molecular weight is 609 g/mol. The minimum Gasteiger partial charge on any atom is -0.481 e. The van der Waals surface area contributed by atoms with E-state index in [0.29, 0.717) is 19.3 Å². The summed E-state index contributed by atoms with van der Waals surface area (Å²) in [5, 5.41) is 15.5. The lowest BCUT2D eigenvalue weighted by Gasteiger charge is -2.35. The van der Waals surface area contributed by atoms with E-state index < -0.39 is 41.8 Å². The Kier molecular flexibility index (Phi) is 11.0. The molecule has 0 saturated heterocycles. The maximum Gasteiger partial charge on any atom is 0.408 e. The number of amides is 3. The molecule has 11 heteroatoms. The van der Waals surface area contributed by atoms with Crippen LogP contribution in [0.4, 0.5) is 9.18 Å². The maximum absolute atomic E-state index is 14.5. The molecule has 1 heterocycles. The maximum atomic E-state index is 14.5. The molecule has 0 spiro atoms. The first kappa shape index (κ1) is 32.5. The number of rotatable bonds is 13. The molecular weight excluding hydrogens is 567 g/mol. The Morgan fingerprint density at radius 1 is 1.07 bits per heavy atom. The summed E-state index contributed by atoms with van der Waals surface area (Å²) in [6, 6.07) is 16.4. The van der Waals surface area contributed by atoms with E-state index in [1.807, 2.05) is 54.6 Å². The van der Waals surface area contributed by atoms with E-state index in [4.69, 9.17) is 9.84 Å². The quantitative estimate of drug-likeness (QED) is 0.214. The highest BCUT2D eigenvalue weighted by Crippen LogP contribution is 2.27. The number of halogens is 1. The summed E-state index contributed by atoms with van der Waals surface area (Å²) >= 11 is 0. The Balaban J connectivity index is 1.51. The fourth-order valence-electron chi connectivity index (χ4n) is 5.75. The monoisotopic (exact) mass is 608 g/mol. The second-order valence-electron chi connectivity index (χ2n) is 11.7. The van der Waals surface area contributed by atoms with E-state index >= 15 is 0 Å². The van der Waals surface area contributed by atoms with Crippen molar-refractivity contribution in [3.8, 4) is 0 Å². The van der Waals surface area contributed by atoms with Crippen molar-refractivity contribution in [2.24, 2.45) is 0 Å². The highest BCUT2D eigenvalue weighted by atomic mass is 19.1. The van der Waals surface area contributed by atoms with Gasteiger partial charge in [-0.25, -0.2) is 9.18 Å². The number of alkyl halides is 1. The number of hydrogen-bond acceptors (Lipinski definition) is 5. The normalized spacial score (nSPS) is 18.5. The predicted octanol–water partition coefficient (Wildman–Crippen LogP) is 5.05. The second-order valence-corrected chi connectivity index (χ2v) is 11.7. The number of fused-ring (bicyclic) bond motifs is 1. The third kappa shape index (κ3) is 8.58. The number of hydrogen-bond donors (Lipinski definition) is 4. The van der Waals surface area contributed by atoms with Crippen LogP contribution in [0.3, 0.4) is 0 Å². The SMILES string of the molecule is CN(CCC(NC(=O)CCC(=O)O)c1ccccc1)C(=O)C(C)(Cc1c[nH]c2ccccc12)NC(=O)OC1CCCCC1F. The van der Waals surface area contributed by atoms with Gasteiger partial charge in [0.2, 0.25) is 11.8 Å². The fraction of sp³-hybridized carbons (Fsp3) is 0.455. The third-order valence-corrected chi connectivity index (χ3v) is 8.15. The summed E-state index contributed by atoms with van der Waals surface area (Å²) in [6.45, 7) is 1.85. The number of benzene rings is 2. The molecule has 10 nitrogen and oxygen atoms in total. The number of carboxylic acids is 1. The minimum atomic E-state index is -1.44. The summed E-state index contributed by atoms with van der Waals surface area (Å²) in [4.78, 5) is 55.4. The number of likely N-dealkylation sites (N-methyl/N-ethyl adjacent to an activating group) is 1. The van der Waals surface area contributed by atoms with Crippen molar-refractivity contribution in [1.82, 2.24) is 20.5 Å². The number of carbonyl (C=O) groups excluding carboxylic acids is 3. The van der Waals surface area contributed by atoms with E-state index in [-0.39, 0.29) is 31.7 Å². The van der Waals surface area contributed by atoms with Crippen molar-refractivity contribution in [1.29, 1.82) is 0 Å². The molecule has 3 aromatic rings. The van der Waals surface area contributed by atoms with Crippen molar-refractivity contribution in [3.63, 3.8) is 0 Å². The van der Waals surface area contributed by atoms with Gasteiger partial charge in [0.1, 0.15) is 17.8 Å². The number of carboxylic acid groups (broad SMARTS) is 1. The van der Waals surface area contributed by atoms with Gasteiger partial charge in [-0.15, -0.1) is 0 Å². The van der Waals surface area contributed by atoms with E-state index in [1.54, 1.807) is 20.2 Å². The highest BCUT2D eigenvalue weighted by molar-refractivity contribution is 5.91. The number of aromatic amines is 1. The first-order valence-electron chi connectivity index (χ1n) is 15.1. The number of nitrogens with one attached hydrogen (secondary N) is 3. The van der Waals surface area contributed by atoms with Gasteiger partial charge in [0.05, 0.1) is 12.5 Å². The summed E-state index contributed by atoms with van der Waals surface area (Å²) in [5.41, 5.74) is 1.08. The first-order valence-corrected chi connectivity index (χ1v) is 15.1. The Morgan fingerprint density at radius 2 is 1.77 bits per heavy atom. The van der Waals surface area contributed by atoms with Gasteiger partial charge >= 0.3 is 12.1 Å². The van der Waals surface area contributed by atoms with E-state index in [0.717, 1.165) is 34.9 Å². The number of aliphatic carboxylic acids is 1. The second kappa shape index (κ2) is 14.9. The largest absolute Gasteiger partial charge is 0.481 e. The van der Waals surface area contributed by atoms with Crippen molar-refractivity contribution in [3.05, 3.63) is 71.9 Å². The Bertz CT molecular complexity index is 1450. The molecule has 236 valence electrons. The van der Waals surface area contributed by atoms with E-state index in [2.05, 4.69) is 15.6 Å². The number of nitrogens with zero attached hydrogens (tertiary/aromatic N) is 1. The van der Waals surface area contributed by atoms with Crippen LogP contribution >= 0.6 is 0 Å². The zero-order chi connectivity index (χ0) is 31.7. The van der Waals surface area contributed by atoms with Crippen LogP contribution in [0.2, 0.25) is 0 Å². The van der Waals surface area contributed by atoms with Crippen molar-refractivity contribution >= 4 is 34.8 Å². The first-order chi connectivity index (χ1) is 21.1. The summed E-state index contributed by atoms with van der Waals surface area (Å²) in [5.74, 6) is -1.85. The van der Waals surface area contributed by atoms with Gasteiger partial charge in [0.15, 0.2) is 0 Å². The minimum absolute atomic E-state index is 0.146. The molecule has 4 N–H and O–H groups in total. The molecule has 0 radical (unpaired) electrons. The number of alkyl carbamates (subject to hydrolysis) is 1. The molecule has 0 aliphatic heterocycles. The molecule has 1 saturated carbocycles. The molecule has 44 heavy (non-hydrogen) atoms. The summed E-state index contributed by atoms with van der Waals surface area (Å²) in [7, 11) is 1.62. The number of H-pyrrole nitrogens is 1.